The van der Waals surface area contributed by atoms with Crippen LogP contribution in [0.3, 0.4) is 0 Å². The van der Waals surface area contributed by atoms with E-state index in [4.69, 9.17) is 9.26 Å². The minimum Gasteiger partial charge on any atom is -0.487 e. The van der Waals surface area contributed by atoms with E-state index in [0.29, 0.717) is 28.9 Å². The molecule has 0 spiro atoms. The number of halogens is 1. The van der Waals surface area contributed by atoms with Crippen molar-refractivity contribution in [1.82, 2.24) is 15.5 Å². The van der Waals surface area contributed by atoms with Crippen molar-refractivity contribution in [1.29, 1.82) is 0 Å². The Morgan fingerprint density at radius 1 is 1.44 bits per heavy atom. The molecule has 1 aliphatic carbocycles. The van der Waals surface area contributed by atoms with Crippen molar-refractivity contribution in [2.24, 2.45) is 5.41 Å². The Morgan fingerprint density at radius 2 is 2.28 bits per heavy atom. The second-order valence-electron chi connectivity index (χ2n) is 6.68. The van der Waals surface area contributed by atoms with Crippen LogP contribution in [-0.2, 0) is 17.9 Å². The van der Waals surface area contributed by atoms with E-state index in [-0.39, 0.29) is 23.7 Å². The average molecular weight is 343 g/mol. The van der Waals surface area contributed by atoms with Crippen LogP contribution < -0.4 is 10.1 Å². The SMILES string of the molecule is CC1(C(=O)NCc2cc3c(F)cc(OCc4ccon4)cc3[nH]2)CC1. The number of fused-ring (bicyclic) bond motifs is 1. The molecule has 0 bridgehead atoms. The molecular weight excluding hydrogens is 325 g/mol. The lowest BCUT2D eigenvalue weighted by Gasteiger charge is -2.08. The fourth-order valence-corrected chi connectivity index (χ4v) is 2.68. The summed E-state index contributed by atoms with van der Waals surface area (Å²) in [6.07, 6.45) is 3.30. The summed E-state index contributed by atoms with van der Waals surface area (Å²) in [5.41, 5.74) is 1.78. The van der Waals surface area contributed by atoms with Crippen molar-refractivity contribution < 1.29 is 18.4 Å². The highest BCUT2D eigenvalue weighted by molar-refractivity contribution is 5.85. The first-order valence-electron chi connectivity index (χ1n) is 8.15. The number of aromatic nitrogens is 2. The summed E-state index contributed by atoms with van der Waals surface area (Å²) in [5.74, 6) is 0.0647. The lowest BCUT2D eigenvalue weighted by Crippen LogP contribution is -2.29. The van der Waals surface area contributed by atoms with Gasteiger partial charge in [0.25, 0.3) is 0 Å². The molecule has 2 aromatic heterocycles. The molecule has 0 radical (unpaired) electrons. The third-order valence-corrected chi connectivity index (χ3v) is 4.58. The van der Waals surface area contributed by atoms with Gasteiger partial charge in [0.15, 0.2) is 0 Å². The average Bonchev–Trinajstić information content (AvgIpc) is 3.03. The lowest BCUT2D eigenvalue weighted by atomic mass is 10.1. The molecule has 6 nitrogen and oxygen atoms in total. The van der Waals surface area contributed by atoms with Crippen LogP contribution in [0.2, 0.25) is 0 Å². The zero-order valence-electron chi connectivity index (χ0n) is 13.8. The number of carbonyl (C=O) groups excluding carboxylic acids is 1. The van der Waals surface area contributed by atoms with Gasteiger partial charge in [-0.15, -0.1) is 0 Å². The van der Waals surface area contributed by atoms with Gasteiger partial charge in [-0.3, -0.25) is 4.79 Å². The molecule has 2 heterocycles. The van der Waals surface area contributed by atoms with Crippen molar-refractivity contribution in [3.63, 3.8) is 0 Å². The summed E-state index contributed by atoms with van der Waals surface area (Å²) < 4.78 is 24.6. The summed E-state index contributed by atoms with van der Waals surface area (Å²) in [6, 6.07) is 6.46. The maximum atomic E-state index is 14.3. The highest BCUT2D eigenvalue weighted by Gasteiger charge is 2.44. The lowest BCUT2D eigenvalue weighted by molar-refractivity contribution is -0.125. The molecule has 0 atom stereocenters. The van der Waals surface area contributed by atoms with E-state index >= 15 is 0 Å². The second kappa shape index (κ2) is 5.91. The van der Waals surface area contributed by atoms with E-state index in [0.717, 1.165) is 18.5 Å². The Morgan fingerprint density at radius 3 is 3.00 bits per heavy atom. The molecule has 1 aliphatic rings. The second-order valence-corrected chi connectivity index (χ2v) is 6.68. The van der Waals surface area contributed by atoms with Gasteiger partial charge in [-0.25, -0.2) is 4.39 Å². The van der Waals surface area contributed by atoms with Crippen molar-refractivity contribution in [3.05, 3.63) is 47.7 Å². The zero-order chi connectivity index (χ0) is 17.4. The van der Waals surface area contributed by atoms with E-state index in [1.807, 2.05) is 6.92 Å². The van der Waals surface area contributed by atoms with Gasteiger partial charge in [0.05, 0.1) is 12.1 Å². The number of carbonyl (C=O) groups is 1. The standard InChI is InChI=1S/C18H18FN3O3/c1-18(3-4-18)17(23)20-9-12-6-14-15(19)7-13(8-16(14)21-12)24-10-11-2-5-25-22-11/h2,5-8,21H,3-4,9-10H2,1H3,(H,20,23). The van der Waals surface area contributed by atoms with E-state index in [2.05, 4.69) is 15.5 Å². The van der Waals surface area contributed by atoms with Gasteiger partial charge in [-0.2, -0.15) is 0 Å². The van der Waals surface area contributed by atoms with Crippen LogP contribution in [0.25, 0.3) is 10.9 Å². The number of nitrogens with zero attached hydrogens (tertiary/aromatic N) is 1. The number of amides is 1. The monoisotopic (exact) mass is 343 g/mol. The highest BCUT2D eigenvalue weighted by Crippen LogP contribution is 2.45. The summed E-state index contributed by atoms with van der Waals surface area (Å²) in [5, 5.41) is 7.11. The Hall–Kier alpha value is -2.83. The Labute approximate surface area is 143 Å². The Balaban J connectivity index is 1.47. The number of benzene rings is 1. The molecule has 130 valence electrons. The van der Waals surface area contributed by atoms with Crippen molar-refractivity contribution in [3.8, 4) is 5.75 Å². The van der Waals surface area contributed by atoms with Crippen LogP contribution in [0.5, 0.6) is 5.75 Å². The normalized spacial score (nSPS) is 15.3. The third-order valence-electron chi connectivity index (χ3n) is 4.58. The largest absolute Gasteiger partial charge is 0.487 e. The fraction of sp³-hybridized carbons (Fsp3) is 0.333. The number of H-pyrrole nitrogens is 1. The van der Waals surface area contributed by atoms with Crippen molar-refractivity contribution in [2.75, 3.05) is 0 Å². The van der Waals surface area contributed by atoms with Crippen LogP contribution >= 0.6 is 0 Å². The first-order valence-corrected chi connectivity index (χ1v) is 8.15. The minimum atomic E-state index is -0.379. The summed E-state index contributed by atoms with van der Waals surface area (Å²) in [6.45, 7) is 2.49. The van der Waals surface area contributed by atoms with Crippen molar-refractivity contribution in [2.45, 2.75) is 32.9 Å². The number of ether oxygens (including phenoxy) is 1. The molecule has 4 rings (SSSR count). The smallest absolute Gasteiger partial charge is 0.226 e. The first-order chi connectivity index (χ1) is 12.0. The van der Waals surface area contributed by atoms with Crippen LogP contribution in [0.1, 0.15) is 31.2 Å². The Kier molecular flexibility index (Phi) is 3.71. The van der Waals surface area contributed by atoms with Crippen LogP contribution in [0, 0.1) is 11.2 Å². The number of hydrogen-bond donors (Lipinski definition) is 2. The molecule has 0 saturated heterocycles. The molecule has 0 unspecified atom stereocenters. The van der Waals surface area contributed by atoms with Gasteiger partial charge in [-0.05, 0) is 18.9 Å². The quantitative estimate of drug-likeness (QED) is 0.720. The molecule has 0 aliphatic heterocycles. The van der Waals surface area contributed by atoms with Crippen LogP contribution in [0.4, 0.5) is 4.39 Å². The zero-order valence-corrected chi connectivity index (χ0v) is 13.8. The number of hydrogen-bond acceptors (Lipinski definition) is 4. The number of aromatic amines is 1. The van der Waals surface area contributed by atoms with E-state index in [9.17, 15) is 9.18 Å². The first kappa shape index (κ1) is 15.7. The molecule has 1 aromatic carbocycles. The predicted octanol–water partition coefficient (Wildman–Crippen LogP) is 3.29. The van der Waals surface area contributed by atoms with Gasteiger partial charge in [0.2, 0.25) is 5.91 Å². The molecule has 1 amide bonds. The molecule has 1 fully saturated rings. The van der Waals surface area contributed by atoms with Gasteiger partial charge in [0, 0.05) is 34.7 Å². The predicted molar refractivity (Wildman–Crippen MR) is 88.3 cm³/mol. The maximum Gasteiger partial charge on any atom is 0.226 e. The van der Waals surface area contributed by atoms with Crippen LogP contribution in [-0.4, -0.2) is 16.0 Å². The number of nitrogens with one attached hydrogen (secondary N) is 2. The van der Waals surface area contributed by atoms with Gasteiger partial charge < -0.3 is 19.6 Å². The maximum absolute atomic E-state index is 14.3. The molecule has 7 heteroatoms. The number of rotatable bonds is 6. The minimum absolute atomic E-state index is 0.0447. The molecular formula is C18H18FN3O3. The third kappa shape index (κ3) is 3.22. The Bertz CT molecular complexity index is 913. The molecule has 3 aromatic rings. The van der Waals surface area contributed by atoms with E-state index < -0.39 is 0 Å². The molecule has 1 saturated carbocycles. The summed E-state index contributed by atoms with van der Waals surface area (Å²) in [7, 11) is 0. The van der Waals surface area contributed by atoms with Gasteiger partial charge >= 0.3 is 0 Å². The summed E-state index contributed by atoms with van der Waals surface area (Å²) in [4.78, 5) is 15.1. The molecule has 25 heavy (non-hydrogen) atoms. The topological polar surface area (TPSA) is 80.2 Å². The fourth-order valence-electron chi connectivity index (χ4n) is 2.68. The summed E-state index contributed by atoms with van der Waals surface area (Å²) >= 11 is 0. The van der Waals surface area contributed by atoms with Gasteiger partial charge in [0.1, 0.15) is 30.1 Å². The van der Waals surface area contributed by atoms with E-state index in [1.54, 1.807) is 18.2 Å². The van der Waals surface area contributed by atoms with Gasteiger partial charge in [-0.1, -0.05) is 12.1 Å². The molecule has 2 N–H and O–H groups in total. The van der Waals surface area contributed by atoms with Crippen molar-refractivity contribution >= 4 is 16.8 Å². The van der Waals surface area contributed by atoms with E-state index in [1.165, 1.54) is 12.3 Å². The van der Waals surface area contributed by atoms with Crippen LogP contribution in [0.15, 0.2) is 35.1 Å². The highest BCUT2D eigenvalue weighted by atomic mass is 19.1.